The average molecular weight is 205 g/mol. The second-order valence-electron chi connectivity index (χ2n) is 3.07. The number of methoxy groups -OCH3 is 1. The van der Waals surface area contributed by atoms with Crippen LogP contribution in [0, 0.1) is 0 Å². The van der Waals surface area contributed by atoms with Crippen molar-refractivity contribution in [3.8, 4) is 5.88 Å². The molecule has 0 aliphatic carbocycles. The Morgan fingerprint density at radius 3 is 2.73 bits per heavy atom. The van der Waals surface area contributed by atoms with E-state index in [4.69, 9.17) is 4.74 Å². The Balaban J connectivity index is 2.22. The Morgan fingerprint density at radius 1 is 1.33 bits per heavy atom. The molecule has 0 saturated heterocycles. The van der Waals surface area contributed by atoms with E-state index in [1.807, 2.05) is 0 Å². The number of pyridine rings is 1. The molecule has 0 bridgehead atoms. The first-order valence-corrected chi connectivity index (χ1v) is 4.48. The summed E-state index contributed by atoms with van der Waals surface area (Å²) in [6.45, 7) is 0. The molecule has 0 aromatic carbocycles. The van der Waals surface area contributed by atoms with Gasteiger partial charge in [0, 0.05) is 29.6 Å². The molecule has 1 unspecified atom stereocenters. The highest BCUT2D eigenvalue weighted by atomic mass is 16.5. The first-order valence-electron chi connectivity index (χ1n) is 4.48. The highest BCUT2D eigenvalue weighted by Gasteiger charge is 2.11. The Kier molecular flexibility index (Phi) is 2.64. The Bertz CT molecular complexity index is 411. The van der Waals surface area contributed by atoms with Crippen molar-refractivity contribution in [2.24, 2.45) is 0 Å². The quantitative estimate of drug-likeness (QED) is 0.780. The predicted molar refractivity (Wildman–Crippen MR) is 53.4 cm³/mol. The Morgan fingerprint density at radius 2 is 2.20 bits per heavy atom. The van der Waals surface area contributed by atoms with Crippen molar-refractivity contribution in [3.63, 3.8) is 0 Å². The van der Waals surface area contributed by atoms with Crippen molar-refractivity contribution in [2.45, 2.75) is 6.10 Å². The Labute approximate surface area is 86.7 Å². The minimum Gasteiger partial charge on any atom is -0.481 e. The van der Waals surface area contributed by atoms with Crippen LogP contribution < -0.4 is 4.74 Å². The fourth-order valence-electron chi connectivity index (χ4n) is 1.28. The third kappa shape index (κ3) is 1.97. The lowest BCUT2D eigenvalue weighted by atomic mass is 10.1. The maximum atomic E-state index is 9.90. The van der Waals surface area contributed by atoms with Crippen molar-refractivity contribution in [3.05, 3.63) is 41.9 Å². The van der Waals surface area contributed by atoms with Crippen LogP contribution in [0.5, 0.6) is 5.88 Å². The van der Waals surface area contributed by atoms with Gasteiger partial charge in [0.15, 0.2) is 0 Å². The standard InChI is InChI=1S/C10H11N3O2/c1-15-9-3-2-7(4-11-9)10(14)8-5-12-13-6-8/h2-6,10,14H,1H3,(H,12,13). The second kappa shape index (κ2) is 4.10. The van der Waals surface area contributed by atoms with Gasteiger partial charge in [-0.15, -0.1) is 0 Å². The van der Waals surface area contributed by atoms with Crippen molar-refractivity contribution < 1.29 is 9.84 Å². The van der Waals surface area contributed by atoms with E-state index in [1.54, 1.807) is 37.8 Å². The number of hydrogen-bond acceptors (Lipinski definition) is 4. The van der Waals surface area contributed by atoms with Gasteiger partial charge in [-0.1, -0.05) is 0 Å². The maximum absolute atomic E-state index is 9.90. The number of nitrogens with one attached hydrogen (secondary N) is 1. The van der Waals surface area contributed by atoms with Crippen molar-refractivity contribution in [1.29, 1.82) is 0 Å². The van der Waals surface area contributed by atoms with Crippen molar-refractivity contribution in [2.75, 3.05) is 7.11 Å². The fraction of sp³-hybridized carbons (Fsp3) is 0.200. The smallest absolute Gasteiger partial charge is 0.212 e. The summed E-state index contributed by atoms with van der Waals surface area (Å²) in [7, 11) is 1.55. The van der Waals surface area contributed by atoms with Crippen molar-refractivity contribution in [1.82, 2.24) is 15.2 Å². The molecule has 0 aliphatic rings. The molecule has 2 N–H and O–H groups in total. The minimum atomic E-state index is -0.706. The normalized spacial score (nSPS) is 12.4. The van der Waals surface area contributed by atoms with Gasteiger partial charge in [0.05, 0.1) is 13.3 Å². The van der Waals surface area contributed by atoms with Gasteiger partial charge in [-0.3, -0.25) is 5.10 Å². The number of hydrogen-bond donors (Lipinski definition) is 2. The van der Waals surface area contributed by atoms with Crippen LogP contribution in [-0.4, -0.2) is 27.4 Å². The van der Waals surface area contributed by atoms with Crippen LogP contribution in [0.1, 0.15) is 17.2 Å². The molecule has 2 aromatic heterocycles. The summed E-state index contributed by atoms with van der Waals surface area (Å²) in [5.41, 5.74) is 1.42. The van der Waals surface area contributed by atoms with Gasteiger partial charge >= 0.3 is 0 Å². The monoisotopic (exact) mass is 205 g/mol. The first kappa shape index (κ1) is 9.67. The minimum absolute atomic E-state index is 0.526. The Hall–Kier alpha value is -1.88. The van der Waals surface area contributed by atoms with Gasteiger partial charge in [-0.2, -0.15) is 5.10 Å². The van der Waals surface area contributed by atoms with E-state index in [2.05, 4.69) is 15.2 Å². The van der Waals surface area contributed by atoms with Gasteiger partial charge in [-0.25, -0.2) is 4.98 Å². The highest BCUT2D eigenvalue weighted by molar-refractivity contribution is 5.26. The van der Waals surface area contributed by atoms with E-state index in [-0.39, 0.29) is 0 Å². The SMILES string of the molecule is COc1ccc(C(O)c2cn[nH]c2)cn1. The molecule has 0 fully saturated rings. The predicted octanol–water partition coefficient (Wildman–Crippen LogP) is 0.895. The molecule has 0 spiro atoms. The van der Waals surface area contributed by atoms with Gasteiger partial charge < -0.3 is 9.84 Å². The number of rotatable bonds is 3. The van der Waals surface area contributed by atoms with Crippen LogP contribution in [0.25, 0.3) is 0 Å². The molecule has 2 aromatic rings. The number of H-pyrrole nitrogens is 1. The summed E-state index contributed by atoms with van der Waals surface area (Å²) in [6.07, 6.45) is 4.10. The lowest BCUT2D eigenvalue weighted by Gasteiger charge is -2.08. The second-order valence-corrected chi connectivity index (χ2v) is 3.07. The van der Waals surface area contributed by atoms with E-state index in [0.717, 1.165) is 0 Å². The zero-order valence-electron chi connectivity index (χ0n) is 8.21. The van der Waals surface area contributed by atoms with Crippen LogP contribution in [0.3, 0.4) is 0 Å². The molecule has 2 heterocycles. The molecule has 5 heteroatoms. The van der Waals surface area contributed by atoms with Crippen molar-refractivity contribution >= 4 is 0 Å². The summed E-state index contributed by atoms with van der Waals surface area (Å²) < 4.78 is 4.93. The summed E-state index contributed by atoms with van der Waals surface area (Å²) >= 11 is 0. The largest absolute Gasteiger partial charge is 0.481 e. The molecule has 0 saturated carbocycles. The van der Waals surface area contributed by atoms with Gasteiger partial charge in [-0.05, 0) is 6.07 Å². The molecule has 0 amide bonds. The van der Waals surface area contributed by atoms with E-state index in [9.17, 15) is 5.11 Å². The van der Waals surface area contributed by atoms with E-state index in [1.165, 1.54) is 0 Å². The number of aliphatic hydroxyl groups is 1. The van der Waals surface area contributed by atoms with Crippen LogP contribution in [0.4, 0.5) is 0 Å². The molecule has 0 aliphatic heterocycles. The number of aliphatic hydroxyl groups excluding tert-OH is 1. The molecule has 78 valence electrons. The number of aromatic amines is 1. The topological polar surface area (TPSA) is 71.0 Å². The third-order valence-corrected chi connectivity index (χ3v) is 2.12. The van der Waals surface area contributed by atoms with Gasteiger partial charge in [0.25, 0.3) is 0 Å². The molecule has 15 heavy (non-hydrogen) atoms. The number of nitrogens with zero attached hydrogens (tertiary/aromatic N) is 2. The summed E-state index contributed by atoms with van der Waals surface area (Å²) in [6, 6.07) is 3.47. The molecule has 0 radical (unpaired) electrons. The van der Waals surface area contributed by atoms with E-state index >= 15 is 0 Å². The number of ether oxygens (including phenoxy) is 1. The van der Waals surface area contributed by atoms with Crippen LogP contribution in [-0.2, 0) is 0 Å². The third-order valence-electron chi connectivity index (χ3n) is 2.12. The number of aromatic nitrogens is 3. The fourth-order valence-corrected chi connectivity index (χ4v) is 1.28. The molecular weight excluding hydrogens is 194 g/mol. The molecular formula is C10H11N3O2. The lowest BCUT2D eigenvalue weighted by molar-refractivity contribution is 0.219. The van der Waals surface area contributed by atoms with Gasteiger partial charge in [0.1, 0.15) is 6.10 Å². The summed E-state index contributed by atoms with van der Waals surface area (Å²) in [5.74, 6) is 0.526. The van der Waals surface area contributed by atoms with Crippen LogP contribution in [0.2, 0.25) is 0 Å². The van der Waals surface area contributed by atoms with E-state index < -0.39 is 6.10 Å². The molecule has 5 nitrogen and oxygen atoms in total. The maximum Gasteiger partial charge on any atom is 0.212 e. The highest BCUT2D eigenvalue weighted by Crippen LogP contribution is 2.20. The summed E-state index contributed by atoms with van der Waals surface area (Å²) in [5, 5.41) is 16.3. The zero-order chi connectivity index (χ0) is 10.7. The molecule has 1 atom stereocenters. The van der Waals surface area contributed by atoms with E-state index in [0.29, 0.717) is 17.0 Å². The van der Waals surface area contributed by atoms with Crippen LogP contribution >= 0.6 is 0 Å². The van der Waals surface area contributed by atoms with Crippen LogP contribution in [0.15, 0.2) is 30.7 Å². The average Bonchev–Trinajstić information content (AvgIpc) is 2.82. The molecule has 2 rings (SSSR count). The summed E-state index contributed by atoms with van der Waals surface area (Å²) in [4.78, 5) is 4.02. The zero-order valence-corrected chi connectivity index (χ0v) is 8.21. The lowest BCUT2D eigenvalue weighted by Crippen LogP contribution is -1.99. The van der Waals surface area contributed by atoms with Gasteiger partial charge in [0.2, 0.25) is 5.88 Å². The first-order chi connectivity index (χ1) is 7.31.